The SMILES string of the molecule is COc1ncc(C(=O)N2CCC3(CC2)CN(C(=O)c2ccccc2Oc2ccccc2)c2ccccc23)cc1F. The van der Waals surface area contributed by atoms with Crippen LogP contribution in [0.5, 0.6) is 17.4 Å². The Bertz CT molecular complexity index is 1570. The lowest BCUT2D eigenvalue weighted by atomic mass is 9.74. The van der Waals surface area contributed by atoms with Crippen molar-refractivity contribution in [2.45, 2.75) is 18.3 Å². The van der Waals surface area contributed by atoms with E-state index in [0.717, 1.165) is 11.3 Å². The van der Waals surface area contributed by atoms with Crippen molar-refractivity contribution in [3.05, 3.63) is 114 Å². The summed E-state index contributed by atoms with van der Waals surface area (Å²) in [6, 6.07) is 25.8. The van der Waals surface area contributed by atoms with Crippen molar-refractivity contribution in [1.82, 2.24) is 9.88 Å². The topological polar surface area (TPSA) is 72.0 Å². The minimum atomic E-state index is -0.669. The Kier molecular flexibility index (Phi) is 6.67. The molecular formula is C32H28FN3O4. The molecule has 1 fully saturated rings. The standard InChI is InChI=1S/C32H28FN3O4/c1-39-29-26(33)19-22(20-34-29)30(37)35-17-15-32(16-18-35)21-36(27-13-7-6-12-25(27)32)31(38)24-11-5-8-14-28(24)40-23-9-3-2-4-10-23/h2-14,19-20H,15-18,21H2,1H3. The van der Waals surface area contributed by atoms with E-state index in [1.54, 1.807) is 17.0 Å². The molecule has 3 aromatic carbocycles. The molecule has 0 atom stereocenters. The molecule has 8 heteroatoms. The van der Waals surface area contributed by atoms with Crippen molar-refractivity contribution in [2.75, 3.05) is 31.6 Å². The molecule has 0 unspecified atom stereocenters. The zero-order valence-electron chi connectivity index (χ0n) is 22.0. The number of para-hydroxylation sites is 3. The minimum absolute atomic E-state index is 0.130. The van der Waals surface area contributed by atoms with E-state index in [2.05, 4.69) is 11.1 Å². The smallest absolute Gasteiger partial charge is 0.262 e. The second-order valence-electron chi connectivity index (χ2n) is 10.1. The summed E-state index contributed by atoms with van der Waals surface area (Å²) in [5, 5.41) is 0. The Morgan fingerprint density at radius 1 is 0.900 bits per heavy atom. The molecular weight excluding hydrogens is 509 g/mol. The van der Waals surface area contributed by atoms with Gasteiger partial charge in [-0.1, -0.05) is 48.5 Å². The van der Waals surface area contributed by atoms with Crippen LogP contribution in [0.4, 0.5) is 10.1 Å². The highest BCUT2D eigenvalue weighted by Gasteiger charge is 2.47. The predicted molar refractivity (Wildman–Crippen MR) is 149 cm³/mol. The van der Waals surface area contributed by atoms with Crippen LogP contribution in [-0.4, -0.2) is 48.4 Å². The molecule has 202 valence electrons. The minimum Gasteiger partial charge on any atom is -0.479 e. The van der Waals surface area contributed by atoms with Crippen LogP contribution in [0, 0.1) is 5.82 Å². The van der Waals surface area contributed by atoms with Gasteiger partial charge in [0.15, 0.2) is 5.82 Å². The van der Waals surface area contributed by atoms with Gasteiger partial charge in [0, 0.05) is 36.9 Å². The van der Waals surface area contributed by atoms with Crippen LogP contribution < -0.4 is 14.4 Å². The van der Waals surface area contributed by atoms with E-state index in [0.29, 0.717) is 49.5 Å². The number of rotatable bonds is 5. The van der Waals surface area contributed by atoms with Crippen LogP contribution in [0.15, 0.2) is 91.1 Å². The number of carbonyl (C=O) groups is 2. The number of likely N-dealkylation sites (tertiary alicyclic amines) is 1. The van der Waals surface area contributed by atoms with Crippen molar-refractivity contribution < 1.29 is 23.5 Å². The molecule has 0 N–H and O–H groups in total. The van der Waals surface area contributed by atoms with Gasteiger partial charge in [-0.3, -0.25) is 9.59 Å². The van der Waals surface area contributed by atoms with Crippen LogP contribution in [0.25, 0.3) is 0 Å². The number of piperidine rings is 1. The van der Waals surface area contributed by atoms with Crippen molar-refractivity contribution in [1.29, 1.82) is 0 Å². The van der Waals surface area contributed by atoms with Gasteiger partial charge in [-0.15, -0.1) is 0 Å². The first kappa shape index (κ1) is 25.6. The highest BCUT2D eigenvalue weighted by Crippen LogP contribution is 2.48. The molecule has 0 aliphatic carbocycles. The molecule has 6 rings (SSSR count). The van der Waals surface area contributed by atoms with Gasteiger partial charge in [-0.05, 0) is 54.8 Å². The summed E-state index contributed by atoms with van der Waals surface area (Å²) in [5.74, 6) is -0.0541. The van der Waals surface area contributed by atoms with Crippen LogP contribution >= 0.6 is 0 Å². The number of halogens is 1. The largest absolute Gasteiger partial charge is 0.479 e. The summed E-state index contributed by atoms with van der Waals surface area (Å²) in [7, 11) is 1.33. The summed E-state index contributed by atoms with van der Waals surface area (Å²) in [5.41, 5.74) is 2.37. The fourth-order valence-corrected chi connectivity index (χ4v) is 5.75. The predicted octanol–water partition coefficient (Wildman–Crippen LogP) is 5.86. The Labute approximate surface area is 231 Å². The molecule has 0 bridgehead atoms. The van der Waals surface area contributed by atoms with Gasteiger partial charge in [0.25, 0.3) is 11.8 Å². The number of carbonyl (C=O) groups excluding carboxylic acids is 2. The van der Waals surface area contributed by atoms with Crippen LogP contribution in [0.2, 0.25) is 0 Å². The third-order valence-electron chi connectivity index (χ3n) is 7.82. The molecule has 2 amide bonds. The first-order valence-corrected chi connectivity index (χ1v) is 13.2. The number of hydrogen-bond acceptors (Lipinski definition) is 5. The van der Waals surface area contributed by atoms with Gasteiger partial charge in [0.1, 0.15) is 11.5 Å². The summed E-state index contributed by atoms with van der Waals surface area (Å²) in [6.07, 6.45) is 2.69. The summed E-state index contributed by atoms with van der Waals surface area (Å²) in [4.78, 5) is 34.6. The van der Waals surface area contributed by atoms with Crippen LogP contribution in [0.3, 0.4) is 0 Å². The molecule has 0 radical (unpaired) electrons. The van der Waals surface area contributed by atoms with Gasteiger partial charge in [-0.25, -0.2) is 9.37 Å². The molecule has 2 aliphatic heterocycles. The van der Waals surface area contributed by atoms with E-state index in [4.69, 9.17) is 9.47 Å². The molecule has 1 aromatic heterocycles. The first-order chi connectivity index (χ1) is 19.5. The molecule has 7 nitrogen and oxygen atoms in total. The maximum Gasteiger partial charge on any atom is 0.262 e. The number of amides is 2. The van der Waals surface area contributed by atoms with E-state index >= 15 is 0 Å². The van der Waals surface area contributed by atoms with Gasteiger partial charge in [0.2, 0.25) is 5.88 Å². The van der Waals surface area contributed by atoms with Crippen LogP contribution in [-0.2, 0) is 5.41 Å². The second-order valence-corrected chi connectivity index (χ2v) is 10.1. The summed E-state index contributed by atoms with van der Waals surface area (Å²) in [6.45, 7) is 1.47. The number of aromatic nitrogens is 1. The number of anilines is 1. The van der Waals surface area contributed by atoms with E-state index < -0.39 is 5.82 Å². The average Bonchev–Trinajstić information content (AvgIpc) is 3.31. The second kappa shape index (κ2) is 10.4. The average molecular weight is 538 g/mol. The Morgan fingerprint density at radius 3 is 2.35 bits per heavy atom. The lowest BCUT2D eigenvalue weighted by Gasteiger charge is -2.40. The zero-order valence-corrected chi connectivity index (χ0v) is 22.0. The fraction of sp³-hybridized carbons (Fsp3) is 0.219. The number of ether oxygens (including phenoxy) is 2. The molecule has 3 heterocycles. The molecule has 4 aromatic rings. The fourth-order valence-electron chi connectivity index (χ4n) is 5.75. The molecule has 2 aliphatic rings. The van der Waals surface area contributed by atoms with Gasteiger partial charge >= 0.3 is 0 Å². The third kappa shape index (κ3) is 4.55. The van der Waals surface area contributed by atoms with E-state index in [-0.39, 0.29) is 28.7 Å². The van der Waals surface area contributed by atoms with Crippen molar-refractivity contribution >= 4 is 17.5 Å². The highest BCUT2D eigenvalue weighted by molar-refractivity contribution is 6.09. The van der Waals surface area contributed by atoms with Crippen LogP contribution in [0.1, 0.15) is 39.1 Å². The summed E-state index contributed by atoms with van der Waals surface area (Å²) >= 11 is 0. The highest BCUT2D eigenvalue weighted by atomic mass is 19.1. The molecule has 1 spiro atoms. The Hall–Kier alpha value is -4.72. The number of hydrogen-bond donors (Lipinski definition) is 0. The van der Waals surface area contributed by atoms with Crippen molar-refractivity contribution in [2.24, 2.45) is 0 Å². The summed E-state index contributed by atoms with van der Waals surface area (Å²) < 4.78 is 25.1. The van der Waals surface area contributed by atoms with E-state index in [1.807, 2.05) is 65.6 Å². The Balaban J connectivity index is 1.23. The number of benzene rings is 3. The van der Waals surface area contributed by atoms with Gasteiger partial charge in [-0.2, -0.15) is 0 Å². The third-order valence-corrected chi connectivity index (χ3v) is 7.82. The first-order valence-electron chi connectivity index (χ1n) is 13.2. The lowest BCUT2D eigenvalue weighted by molar-refractivity contribution is 0.0669. The lowest BCUT2D eigenvalue weighted by Crippen LogP contribution is -2.47. The number of pyridine rings is 1. The normalized spacial score (nSPS) is 15.6. The maximum atomic E-state index is 14.2. The zero-order chi connectivity index (χ0) is 27.7. The van der Waals surface area contributed by atoms with Gasteiger partial charge in [0.05, 0.1) is 18.2 Å². The number of methoxy groups -OCH3 is 1. The van der Waals surface area contributed by atoms with E-state index in [1.165, 1.54) is 19.4 Å². The Morgan fingerprint density at radius 2 is 1.60 bits per heavy atom. The maximum absolute atomic E-state index is 14.2. The van der Waals surface area contributed by atoms with Crippen molar-refractivity contribution in [3.8, 4) is 17.4 Å². The molecule has 0 saturated carbocycles. The van der Waals surface area contributed by atoms with Gasteiger partial charge < -0.3 is 19.3 Å². The molecule has 1 saturated heterocycles. The quantitative estimate of drug-likeness (QED) is 0.319. The van der Waals surface area contributed by atoms with E-state index in [9.17, 15) is 14.0 Å². The molecule has 40 heavy (non-hydrogen) atoms. The monoisotopic (exact) mass is 537 g/mol. The van der Waals surface area contributed by atoms with Crippen molar-refractivity contribution in [3.63, 3.8) is 0 Å². The number of nitrogens with zero attached hydrogens (tertiary/aromatic N) is 3. The number of fused-ring (bicyclic) bond motifs is 2.